The van der Waals surface area contributed by atoms with E-state index in [0.29, 0.717) is 18.1 Å². The maximum atomic E-state index is 12.5. The Morgan fingerprint density at radius 3 is 2.32 bits per heavy atom. The Kier molecular flexibility index (Phi) is 6.32. The highest BCUT2D eigenvalue weighted by Crippen LogP contribution is 2.30. The highest BCUT2D eigenvalue weighted by molar-refractivity contribution is 5.92. The van der Waals surface area contributed by atoms with Gasteiger partial charge in [-0.15, -0.1) is 10.2 Å². The molecule has 0 unspecified atom stereocenters. The molecule has 2 rings (SSSR count). The molecule has 0 spiro atoms. The standard InChI is InChI=1S/C17H19F3N4O/c1-2-3-4-11-21-16(25)14-9-10-15(24-23-14)22-13-7-5-12(6-8-13)17(18,19)20/h5-10H,2-4,11H2,1H3,(H,21,25)(H,22,24). The molecule has 1 aromatic carbocycles. The van der Waals surface area contributed by atoms with Gasteiger partial charge < -0.3 is 10.6 Å². The number of halogens is 3. The monoisotopic (exact) mass is 352 g/mol. The molecule has 1 heterocycles. The minimum Gasteiger partial charge on any atom is -0.351 e. The van der Waals surface area contributed by atoms with Crippen LogP contribution in [-0.2, 0) is 6.18 Å². The van der Waals surface area contributed by atoms with Crippen LogP contribution in [0.15, 0.2) is 36.4 Å². The van der Waals surface area contributed by atoms with Crippen molar-refractivity contribution in [1.82, 2.24) is 15.5 Å². The van der Waals surface area contributed by atoms with Crippen molar-refractivity contribution in [2.45, 2.75) is 32.4 Å². The van der Waals surface area contributed by atoms with Crippen molar-refractivity contribution in [3.63, 3.8) is 0 Å². The smallest absolute Gasteiger partial charge is 0.351 e. The third kappa shape index (κ3) is 5.74. The van der Waals surface area contributed by atoms with E-state index in [1.165, 1.54) is 18.2 Å². The van der Waals surface area contributed by atoms with Crippen molar-refractivity contribution in [2.75, 3.05) is 11.9 Å². The molecule has 0 saturated heterocycles. The van der Waals surface area contributed by atoms with Crippen LogP contribution in [0, 0.1) is 0 Å². The van der Waals surface area contributed by atoms with Crippen LogP contribution in [0.3, 0.4) is 0 Å². The molecule has 0 radical (unpaired) electrons. The van der Waals surface area contributed by atoms with Gasteiger partial charge in [0.2, 0.25) is 0 Å². The fraction of sp³-hybridized carbons (Fsp3) is 0.353. The molecular weight excluding hydrogens is 333 g/mol. The number of carbonyl (C=O) groups is 1. The Morgan fingerprint density at radius 2 is 1.76 bits per heavy atom. The number of hydrogen-bond donors (Lipinski definition) is 2. The number of alkyl halides is 3. The van der Waals surface area contributed by atoms with Gasteiger partial charge in [0.05, 0.1) is 5.56 Å². The molecule has 8 heteroatoms. The third-order valence-corrected chi connectivity index (χ3v) is 3.45. The molecule has 0 aliphatic heterocycles. The Labute approximate surface area is 143 Å². The van der Waals surface area contributed by atoms with E-state index in [2.05, 4.69) is 27.8 Å². The third-order valence-electron chi connectivity index (χ3n) is 3.45. The first-order valence-electron chi connectivity index (χ1n) is 7.96. The summed E-state index contributed by atoms with van der Waals surface area (Å²) >= 11 is 0. The molecule has 0 fully saturated rings. The van der Waals surface area contributed by atoms with Crippen LogP contribution in [0.2, 0.25) is 0 Å². The van der Waals surface area contributed by atoms with Gasteiger partial charge in [-0.1, -0.05) is 19.8 Å². The van der Waals surface area contributed by atoms with Crippen LogP contribution in [0.4, 0.5) is 24.7 Å². The van der Waals surface area contributed by atoms with Gasteiger partial charge in [-0.3, -0.25) is 4.79 Å². The molecule has 5 nitrogen and oxygen atoms in total. The molecule has 0 atom stereocenters. The molecule has 0 aliphatic rings. The van der Waals surface area contributed by atoms with E-state index in [4.69, 9.17) is 0 Å². The Morgan fingerprint density at radius 1 is 1.04 bits per heavy atom. The predicted octanol–water partition coefficient (Wildman–Crippen LogP) is 4.16. The van der Waals surface area contributed by atoms with Crippen LogP contribution >= 0.6 is 0 Å². The van der Waals surface area contributed by atoms with E-state index < -0.39 is 11.7 Å². The number of nitrogens with one attached hydrogen (secondary N) is 2. The Hall–Kier alpha value is -2.64. The van der Waals surface area contributed by atoms with E-state index >= 15 is 0 Å². The van der Waals surface area contributed by atoms with E-state index in [9.17, 15) is 18.0 Å². The summed E-state index contributed by atoms with van der Waals surface area (Å²) in [7, 11) is 0. The molecule has 2 N–H and O–H groups in total. The SMILES string of the molecule is CCCCCNC(=O)c1ccc(Nc2ccc(C(F)(F)F)cc2)nn1. The van der Waals surface area contributed by atoms with Gasteiger partial charge in [0.1, 0.15) is 0 Å². The second-order valence-corrected chi connectivity index (χ2v) is 5.47. The number of carbonyl (C=O) groups excluding carboxylic acids is 1. The van der Waals surface area contributed by atoms with Crippen LogP contribution in [0.1, 0.15) is 42.2 Å². The Balaban J connectivity index is 1.92. The molecule has 134 valence electrons. The van der Waals surface area contributed by atoms with Gasteiger partial charge in [-0.05, 0) is 42.8 Å². The average molecular weight is 352 g/mol. The van der Waals surface area contributed by atoms with E-state index in [-0.39, 0.29) is 11.6 Å². The number of benzene rings is 1. The highest BCUT2D eigenvalue weighted by Gasteiger charge is 2.29. The van der Waals surface area contributed by atoms with E-state index in [1.54, 1.807) is 6.07 Å². The second kappa shape index (κ2) is 8.46. The van der Waals surface area contributed by atoms with Crippen LogP contribution < -0.4 is 10.6 Å². The van der Waals surface area contributed by atoms with Crippen molar-refractivity contribution in [1.29, 1.82) is 0 Å². The minimum atomic E-state index is -4.37. The number of amides is 1. The fourth-order valence-corrected chi connectivity index (χ4v) is 2.08. The molecule has 0 bridgehead atoms. The lowest BCUT2D eigenvalue weighted by Gasteiger charge is -2.09. The summed E-state index contributed by atoms with van der Waals surface area (Å²) in [5.74, 6) is 0.0342. The second-order valence-electron chi connectivity index (χ2n) is 5.47. The topological polar surface area (TPSA) is 66.9 Å². The summed E-state index contributed by atoms with van der Waals surface area (Å²) < 4.78 is 37.6. The fourth-order valence-electron chi connectivity index (χ4n) is 2.08. The van der Waals surface area contributed by atoms with Crippen molar-refractivity contribution in [3.05, 3.63) is 47.7 Å². The summed E-state index contributed by atoms with van der Waals surface area (Å²) in [6, 6.07) is 7.62. The molecule has 0 saturated carbocycles. The maximum absolute atomic E-state index is 12.5. The van der Waals surface area contributed by atoms with Crippen molar-refractivity contribution in [2.24, 2.45) is 0 Å². The number of anilines is 2. The van der Waals surface area contributed by atoms with Crippen LogP contribution in [0.25, 0.3) is 0 Å². The van der Waals surface area contributed by atoms with E-state index in [1.807, 2.05) is 0 Å². The lowest BCUT2D eigenvalue weighted by atomic mass is 10.2. The summed E-state index contributed by atoms with van der Waals surface area (Å²) in [6.07, 6.45) is -1.35. The zero-order valence-electron chi connectivity index (χ0n) is 13.7. The number of rotatable bonds is 7. The minimum absolute atomic E-state index is 0.189. The van der Waals surface area contributed by atoms with Crippen LogP contribution in [0.5, 0.6) is 0 Å². The van der Waals surface area contributed by atoms with E-state index in [0.717, 1.165) is 31.4 Å². The van der Waals surface area contributed by atoms with Crippen molar-refractivity contribution >= 4 is 17.4 Å². The summed E-state index contributed by atoms with van der Waals surface area (Å²) in [6.45, 7) is 2.66. The predicted molar refractivity (Wildman–Crippen MR) is 88.6 cm³/mol. The molecule has 1 amide bonds. The Bertz CT molecular complexity index is 685. The molecule has 1 aromatic heterocycles. The van der Waals surface area contributed by atoms with Gasteiger partial charge in [0, 0.05) is 12.2 Å². The first-order chi connectivity index (χ1) is 11.9. The first kappa shape index (κ1) is 18.7. The lowest BCUT2D eigenvalue weighted by molar-refractivity contribution is -0.137. The summed E-state index contributed by atoms with van der Waals surface area (Å²) in [5.41, 5.74) is -0.0900. The van der Waals surface area contributed by atoms with Crippen molar-refractivity contribution in [3.8, 4) is 0 Å². The number of aromatic nitrogens is 2. The molecule has 0 aliphatic carbocycles. The van der Waals surface area contributed by atoms with Gasteiger partial charge in [0.15, 0.2) is 11.5 Å². The quantitative estimate of drug-likeness (QED) is 0.735. The van der Waals surface area contributed by atoms with Gasteiger partial charge in [-0.2, -0.15) is 13.2 Å². The van der Waals surface area contributed by atoms with Crippen molar-refractivity contribution < 1.29 is 18.0 Å². The largest absolute Gasteiger partial charge is 0.416 e. The maximum Gasteiger partial charge on any atom is 0.416 e. The van der Waals surface area contributed by atoms with Gasteiger partial charge in [-0.25, -0.2) is 0 Å². The molecular formula is C17H19F3N4O. The number of nitrogens with zero attached hydrogens (tertiary/aromatic N) is 2. The summed E-state index contributed by atoms with van der Waals surface area (Å²) in [4.78, 5) is 11.9. The average Bonchev–Trinajstić information content (AvgIpc) is 2.59. The zero-order valence-corrected chi connectivity index (χ0v) is 13.7. The lowest BCUT2D eigenvalue weighted by Crippen LogP contribution is -2.25. The number of hydrogen-bond acceptors (Lipinski definition) is 4. The normalized spacial score (nSPS) is 11.2. The van der Waals surface area contributed by atoms with Crippen LogP contribution in [-0.4, -0.2) is 22.6 Å². The number of unbranched alkanes of at least 4 members (excludes halogenated alkanes) is 2. The highest BCUT2D eigenvalue weighted by atomic mass is 19.4. The first-order valence-corrected chi connectivity index (χ1v) is 7.96. The van der Waals surface area contributed by atoms with Gasteiger partial charge >= 0.3 is 6.18 Å². The van der Waals surface area contributed by atoms with Gasteiger partial charge in [0.25, 0.3) is 5.91 Å². The summed E-state index contributed by atoms with van der Waals surface area (Å²) in [5, 5.41) is 13.3. The molecule has 2 aromatic rings. The molecule has 25 heavy (non-hydrogen) atoms. The zero-order chi connectivity index (χ0) is 18.3.